The Labute approximate surface area is 466 Å². The molecule has 8 aromatic carbocycles. The van der Waals surface area contributed by atoms with E-state index in [9.17, 15) is 51.9 Å². The van der Waals surface area contributed by atoms with Crippen LogP contribution in [0.25, 0.3) is 43.1 Å². The number of anilines is 4. The van der Waals surface area contributed by atoms with Crippen LogP contribution >= 0.6 is 0 Å². The molecule has 0 aromatic heterocycles. The van der Waals surface area contributed by atoms with E-state index in [1.54, 1.807) is 48.5 Å². The van der Waals surface area contributed by atoms with Crippen molar-refractivity contribution in [2.24, 2.45) is 0 Å². The van der Waals surface area contributed by atoms with Crippen LogP contribution in [0.3, 0.4) is 0 Å². The monoisotopic (exact) mass is 1020 g/mol. The van der Waals surface area contributed by atoms with Crippen LogP contribution < -0.4 is 124 Å². The van der Waals surface area contributed by atoms with Crippen LogP contribution in [0.15, 0.2) is 165 Å². The van der Waals surface area contributed by atoms with Gasteiger partial charge in [-0.05, 0) is 140 Å². The Balaban J connectivity index is 0.000000240. The van der Waals surface area contributed by atoms with Crippen LogP contribution in [0.2, 0.25) is 0 Å². The standard InChI is InChI=1S/2C22H20N2O6S2.2K/c2*25-31(26,27)21-7-3-15-1-5-19(11-17(15)13-21)23-9-10-24-20-6-2-16-4-8-22(32(28,29)30)14-18(16)12-20;;/h2*1-8,11-14,23-24H,9-10H2,(H,25,26,27)(H,28,29,30);;/q;;2*+1/p-2. The van der Waals surface area contributed by atoms with Crippen molar-refractivity contribution in [2.75, 3.05) is 47.4 Å². The summed E-state index contributed by atoms with van der Waals surface area (Å²) in [5, 5.41) is 18.9. The summed E-state index contributed by atoms with van der Waals surface area (Å²) in [6.07, 6.45) is 0. The van der Waals surface area contributed by atoms with E-state index in [2.05, 4.69) is 21.3 Å². The van der Waals surface area contributed by atoms with Gasteiger partial charge in [0.25, 0.3) is 20.2 Å². The van der Waals surface area contributed by atoms with Gasteiger partial charge < -0.3 is 30.4 Å². The largest absolute Gasteiger partial charge is 1.00 e. The Morgan fingerprint density at radius 2 is 0.530 bits per heavy atom. The minimum atomic E-state index is -4.51. The van der Waals surface area contributed by atoms with Crippen molar-refractivity contribution in [3.8, 4) is 0 Å². The van der Waals surface area contributed by atoms with Crippen LogP contribution in [0.4, 0.5) is 22.7 Å². The third-order valence-corrected chi connectivity index (χ3v) is 13.3. The second-order valence-corrected chi connectivity index (χ2v) is 20.1. The molecule has 16 nitrogen and oxygen atoms in total. The quantitative estimate of drug-likeness (QED) is 0.0510. The maximum Gasteiger partial charge on any atom is 1.00 e. The fourth-order valence-corrected chi connectivity index (χ4v) is 8.84. The van der Waals surface area contributed by atoms with E-state index >= 15 is 0 Å². The maximum absolute atomic E-state index is 11.3. The summed E-state index contributed by atoms with van der Waals surface area (Å²) in [7, 11) is -17.6. The van der Waals surface area contributed by atoms with E-state index < -0.39 is 40.5 Å². The number of benzene rings is 8. The predicted molar refractivity (Wildman–Crippen MR) is 245 cm³/mol. The molecular formula is C44H38K2N4O12S4. The molecule has 0 bridgehead atoms. The molecule has 22 heteroatoms. The van der Waals surface area contributed by atoms with Crippen molar-refractivity contribution in [1.82, 2.24) is 0 Å². The summed E-state index contributed by atoms with van der Waals surface area (Å²) in [6, 6.07) is 39.3. The molecule has 0 heterocycles. The summed E-state index contributed by atoms with van der Waals surface area (Å²) in [5.74, 6) is 0. The fourth-order valence-electron chi connectivity index (χ4n) is 6.80. The van der Waals surface area contributed by atoms with Gasteiger partial charge in [0.15, 0.2) is 0 Å². The first-order chi connectivity index (χ1) is 30.2. The number of fused-ring (bicyclic) bond motifs is 4. The number of hydrogen-bond donors (Lipinski definition) is 6. The van der Waals surface area contributed by atoms with Crippen LogP contribution in [0.1, 0.15) is 0 Å². The molecule has 332 valence electrons. The van der Waals surface area contributed by atoms with Crippen molar-refractivity contribution in [3.05, 3.63) is 146 Å². The van der Waals surface area contributed by atoms with Gasteiger partial charge in [-0.2, -0.15) is 16.8 Å². The van der Waals surface area contributed by atoms with Gasteiger partial charge in [0.05, 0.1) is 19.6 Å². The molecule has 66 heavy (non-hydrogen) atoms. The van der Waals surface area contributed by atoms with Gasteiger partial charge >= 0.3 is 103 Å². The first-order valence-electron chi connectivity index (χ1n) is 19.2. The minimum Gasteiger partial charge on any atom is -0.744 e. The Hall–Kier alpha value is -3.09. The third-order valence-electron chi connectivity index (χ3n) is 9.99. The SMILES string of the molecule is O=S(=O)([O-])c1ccc2ccc(NCCNc3ccc4ccc(S(=O)(=O)O)cc4c3)cc2c1.O=S(=O)([O-])c1ccc2ccc(NCCNc3ccc4ccc(S(=O)(=O)O)cc4c3)cc2c1.[K+].[K+]. The van der Waals surface area contributed by atoms with E-state index in [0.29, 0.717) is 47.7 Å². The van der Waals surface area contributed by atoms with Crippen LogP contribution in [0.5, 0.6) is 0 Å². The molecule has 0 aliphatic rings. The average molecular weight is 1020 g/mol. The first-order valence-corrected chi connectivity index (χ1v) is 24.9. The predicted octanol–water partition coefficient (Wildman–Crippen LogP) is 1.34. The molecule has 0 radical (unpaired) electrons. The Morgan fingerprint density at radius 3 is 0.758 bits per heavy atom. The maximum atomic E-state index is 11.3. The van der Waals surface area contributed by atoms with Gasteiger partial charge in [-0.15, -0.1) is 0 Å². The number of hydrogen-bond acceptors (Lipinski definition) is 14. The normalized spacial score (nSPS) is 11.8. The molecule has 8 aromatic rings. The van der Waals surface area contributed by atoms with E-state index in [0.717, 1.165) is 44.3 Å². The number of nitrogens with one attached hydrogen (secondary N) is 4. The number of rotatable bonds is 14. The molecule has 6 N–H and O–H groups in total. The zero-order valence-corrected chi connectivity index (χ0v) is 44.8. The molecule has 0 aliphatic heterocycles. The van der Waals surface area contributed by atoms with Crippen LogP contribution in [-0.4, -0.2) is 78.1 Å². The Bertz CT molecular complexity index is 3080. The molecule has 0 saturated carbocycles. The second kappa shape index (κ2) is 22.6. The third kappa shape index (κ3) is 14.5. The van der Waals surface area contributed by atoms with Gasteiger partial charge in [-0.3, -0.25) is 9.11 Å². The van der Waals surface area contributed by atoms with Gasteiger partial charge in [0, 0.05) is 48.9 Å². The van der Waals surface area contributed by atoms with Crippen molar-refractivity contribution in [1.29, 1.82) is 0 Å². The summed E-state index contributed by atoms with van der Waals surface area (Å²) in [5.41, 5.74) is 3.12. The molecule has 0 saturated heterocycles. The van der Waals surface area contributed by atoms with Crippen molar-refractivity contribution in [3.63, 3.8) is 0 Å². The first kappa shape index (κ1) is 53.9. The summed E-state index contributed by atoms with van der Waals surface area (Å²) in [6.45, 7) is 2.20. The van der Waals surface area contributed by atoms with Gasteiger partial charge in [-0.25, -0.2) is 16.8 Å². The summed E-state index contributed by atoms with van der Waals surface area (Å²) < 4.78 is 131. The molecule has 0 spiro atoms. The second-order valence-electron chi connectivity index (χ2n) is 14.5. The molecule has 0 fully saturated rings. The van der Waals surface area contributed by atoms with E-state index in [-0.39, 0.29) is 122 Å². The van der Waals surface area contributed by atoms with Crippen LogP contribution in [0, 0.1) is 0 Å². The summed E-state index contributed by atoms with van der Waals surface area (Å²) >= 11 is 0. The average Bonchev–Trinajstić information content (AvgIpc) is 3.24. The topological polar surface area (TPSA) is 271 Å². The Morgan fingerprint density at radius 1 is 0.318 bits per heavy atom. The Kier molecular flexibility index (Phi) is 18.4. The zero-order chi connectivity index (χ0) is 45.9. The molecular weight excluding hydrogens is 983 g/mol. The molecule has 0 unspecified atom stereocenters. The van der Waals surface area contributed by atoms with E-state index in [1.165, 1.54) is 48.5 Å². The van der Waals surface area contributed by atoms with Crippen molar-refractivity contribution >= 4 is 106 Å². The molecule has 0 atom stereocenters. The fraction of sp³-hybridized carbons (Fsp3) is 0.0909. The summed E-state index contributed by atoms with van der Waals surface area (Å²) in [4.78, 5) is -0.851. The van der Waals surface area contributed by atoms with Crippen molar-refractivity contribution < 1.29 is 155 Å². The molecule has 8 rings (SSSR count). The minimum absolute atomic E-state index is 0. The van der Waals surface area contributed by atoms with E-state index in [1.807, 2.05) is 48.5 Å². The molecule has 0 amide bonds. The van der Waals surface area contributed by atoms with Gasteiger partial charge in [-0.1, -0.05) is 48.5 Å². The smallest absolute Gasteiger partial charge is 0.744 e. The van der Waals surface area contributed by atoms with Crippen LogP contribution in [-0.2, 0) is 40.5 Å². The molecule has 0 aliphatic carbocycles. The zero-order valence-electron chi connectivity index (χ0n) is 35.3. The van der Waals surface area contributed by atoms with Gasteiger partial charge in [0.2, 0.25) is 0 Å². The van der Waals surface area contributed by atoms with Crippen molar-refractivity contribution in [2.45, 2.75) is 19.6 Å². The van der Waals surface area contributed by atoms with Gasteiger partial charge in [0.1, 0.15) is 20.2 Å². The van der Waals surface area contributed by atoms with E-state index in [4.69, 9.17) is 0 Å².